The number of methoxy groups -OCH3 is 1. The van der Waals surface area contributed by atoms with Crippen molar-refractivity contribution in [3.63, 3.8) is 0 Å². The molecule has 1 aromatic carbocycles. The molecular formula is C17H28N2O. The molecule has 2 rings (SSSR count). The molecule has 0 spiro atoms. The molecule has 1 aromatic rings. The van der Waals surface area contributed by atoms with Gasteiger partial charge in [-0.1, -0.05) is 25.1 Å². The van der Waals surface area contributed by atoms with Crippen molar-refractivity contribution in [1.82, 2.24) is 10.2 Å². The molecule has 20 heavy (non-hydrogen) atoms. The molecule has 0 saturated heterocycles. The van der Waals surface area contributed by atoms with Crippen LogP contribution in [0.25, 0.3) is 0 Å². The Labute approximate surface area is 123 Å². The number of ether oxygens (including phenoxy) is 1. The monoisotopic (exact) mass is 276 g/mol. The van der Waals surface area contributed by atoms with E-state index in [2.05, 4.69) is 36.3 Å². The topological polar surface area (TPSA) is 24.5 Å². The van der Waals surface area contributed by atoms with E-state index in [9.17, 15) is 0 Å². The number of hydrogen-bond donors (Lipinski definition) is 1. The lowest BCUT2D eigenvalue weighted by atomic mass is 10.1. The van der Waals surface area contributed by atoms with Gasteiger partial charge < -0.3 is 10.1 Å². The van der Waals surface area contributed by atoms with Crippen LogP contribution in [-0.2, 0) is 6.54 Å². The standard InChI is InChI=1S/C17H28N2O/c1-4-11-18-15-9-10-16(12-15)19(2)13-14-7-5-6-8-17(14)20-3/h5-8,15-16,18H,4,9-13H2,1-3H3. The maximum Gasteiger partial charge on any atom is 0.123 e. The summed E-state index contributed by atoms with van der Waals surface area (Å²) in [7, 11) is 3.98. The molecule has 1 saturated carbocycles. The van der Waals surface area contributed by atoms with Gasteiger partial charge in [0.05, 0.1) is 7.11 Å². The van der Waals surface area contributed by atoms with Gasteiger partial charge in [-0.25, -0.2) is 0 Å². The highest BCUT2D eigenvalue weighted by Crippen LogP contribution is 2.26. The third kappa shape index (κ3) is 3.97. The van der Waals surface area contributed by atoms with Crippen LogP contribution < -0.4 is 10.1 Å². The Hall–Kier alpha value is -1.06. The van der Waals surface area contributed by atoms with Crippen molar-refractivity contribution in [2.75, 3.05) is 20.7 Å². The van der Waals surface area contributed by atoms with Crippen molar-refractivity contribution < 1.29 is 4.74 Å². The number of rotatable bonds is 7. The Morgan fingerprint density at radius 1 is 1.30 bits per heavy atom. The van der Waals surface area contributed by atoms with Gasteiger partial charge in [0.1, 0.15) is 5.75 Å². The molecule has 0 bridgehead atoms. The molecular weight excluding hydrogens is 248 g/mol. The van der Waals surface area contributed by atoms with E-state index >= 15 is 0 Å². The average molecular weight is 276 g/mol. The van der Waals surface area contributed by atoms with E-state index in [1.165, 1.54) is 31.2 Å². The Balaban J connectivity index is 1.87. The van der Waals surface area contributed by atoms with Crippen molar-refractivity contribution in [3.05, 3.63) is 29.8 Å². The first-order valence-corrected chi connectivity index (χ1v) is 7.80. The molecule has 1 aliphatic carbocycles. The van der Waals surface area contributed by atoms with Gasteiger partial charge in [0, 0.05) is 24.2 Å². The molecule has 1 N–H and O–H groups in total. The van der Waals surface area contributed by atoms with E-state index < -0.39 is 0 Å². The van der Waals surface area contributed by atoms with Crippen LogP contribution in [0.2, 0.25) is 0 Å². The lowest BCUT2D eigenvalue weighted by Gasteiger charge is -2.25. The first-order chi connectivity index (χ1) is 9.74. The fourth-order valence-electron chi connectivity index (χ4n) is 3.12. The third-order valence-corrected chi connectivity index (χ3v) is 4.32. The van der Waals surface area contributed by atoms with E-state index in [4.69, 9.17) is 4.74 Å². The fourth-order valence-corrected chi connectivity index (χ4v) is 3.12. The molecule has 1 aliphatic rings. The van der Waals surface area contributed by atoms with E-state index in [0.717, 1.165) is 18.8 Å². The zero-order valence-electron chi connectivity index (χ0n) is 13.1. The third-order valence-electron chi connectivity index (χ3n) is 4.32. The summed E-state index contributed by atoms with van der Waals surface area (Å²) < 4.78 is 5.44. The van der Waals surface area contributed by atoms with Gasteiger partial charge in [-0.15, -0.1) is 0 Å². The Bertz CT molecular complexity index is 408. The van der Waals surface area contributed by atoms with Crippen molar-refractivity contribution in [2.45, 2.75) is 51.2 Å². The highest BCUT2D eigenvalue weighted by molar-refractivity contribution is 5.33. The second-order valence-electron chi connectivity index (χ2n) is 5.84. The highest BCUT2D eigenvalue weighted by atomic mass is 16.5. The maximum atomic E-state index is 5.44. The van der Waals surface area contributed by atoms with Gasteiger partial charge in [-0.2, -0.15) is 0 Å². The summed E-state index contributed by atoms with van der Waals surface area (Å²) in [6.07, 6.45) is 5.10. The molecule has 0 aliphatic heterocycles. The summed E-state index contributed by atoms with van der Waals surface area (Å²) in [5.41, 5.74) is 1.28. The van der Waals surface area contributed by atoms with Crippen LogP contribution in [-0.4, -0.2) is 37.7 Å². The second-order valence-corrected chi connectivity index (χ2v) is 5.84. The smallest absolute Gasteiger partial charge is 0.123 e. The summed E-state index contributed by atoms with van der Waals surface area (Å²) in [6, 6.07) is 9.73. The van der Waals surface area contributed by atoms with Gasteiger partial charge in [-0.05, 0) is 45.3 Å². The Morgan fingerprint density at radius 3 is 2.85 bits per heavy atom. The van der Waals surface area contributed by atoms with Crippen molar-refractivity contribution in [2.24, 2.45) is 0 Å². The maximum absolute atomic E-state index is 5.44. The van der Waals surface area contributed by atoms with Crippen LogP contribution in [0, 0.1) is 0 Å². The highest BCUT2D eigenvalue weighted by Gasteiger charge is 2.27. The summed E-state index contributed by atoms with van der Waals surface area (Å²) in [6.45, 7) is 4.34. The number of nitrogens with one attached hydrogen (secondary N) is 1. The Kier molecular flexibility index (Phi) is 5.86. The van der Waals surface area contributed by atoms with Crippen molar-refractivity contribution in [3.8, 4) is 5.75 Å². The minimum atomic E-state index is 0.689. The number of hydrogen-bond acceptors (Lipinski definition) is 3. The average Bonchev–Trinajstić information content (AvgIpc) is 2.94. The van der Waals surface area contributed by atoms with Crippen LogP contribution >= 0.6 is 0 Å². The lowest BCUT2D eigenvalue weighted by Crippen LogP contribution is -2.33. The van der Waals surface area contributed by atoms with Gasteiger partial charge in [0.15, 0.2) is 0 Å². The van der Waals surface area contributed by atoms with Crippen LogP contribution in [0.3, 0.4) is 0 Å². The fraction of sp³-hybridized carbons (Fsp3) is 0.647. The molecule has 3 heteroatoms. The van der Waals surface area contributed by atoms with Gasteiger partial charge in [0.25, 0.3) is 0 Å². The van der Waals surface area contributed by atoms with Gasteiger partial charge in [0.2, 0.25) is 0 Å². The predicted octanol–water partition coefficient (Wildman–Crippen LogP) is 3.05. The first kappa shape index (κ1) is 15.3. The normalized spacial score (nSPS) is 22.4. The Morgan fingerprint density at radius 2 is 2.10 bits per heavy atom. The lowest BCUT2D eigenvalue weighted by molar-refractivity contribution is 0.230. The predicted molar refractivity (Wildman–Crippen MR) is 84.2 cm³/mol. The number of para-hydroxylation sites is 1. The van der Waals surface area contributed by atoms with Crippen LogP contribution in [0.5, 0.6) is 5.75 Å². The molecule has 0 radical (unpaired) electrons. The number of nitrogens with zero attached hydrogens (tertiary/aromatic N) is 1. The molecule has 112 valence electrons. The van der Waals surface area contributed by atoms with Crippen LogP contribution in [0.1, 0.15) is 38.2 Å². The largest absolute Gasteiger partial charge is 0.496 e. The molecule has 0 heterocycles. The quantitative estimate of drug-likeness (QED) is 0.828. The van der Waals surface area contributed by atoms with Gasteiger partial charge >= 0.3 is 0 Å². The van der Waals surface area contributed by atoms with E-state index in [0.29, 0.717) is 12.1 Å². The van der Waals surface area contributed by atoms with E-state index in [1.54, 1.807) is 7.11 Å². The second kappa shape index (κ2) is 7.65. The molecule has 0 aromatic heterocycles. The number of benzene rings is 1. The summed E-state index contributed by atoms with van der Waals surface area (Å²) >= 11 is 0. The zero-order chi connectivity index (χ0) is 14.4. The van der Waals surface area contributed by atoms with Gasteiger partial charge in [-0.3, -0.25) is 4.90 Å². The summed E-state index contributed by atoms with van der Waals surface area (Å²) in [4.78, 5) is 2.48. The molecule has 2 unspecified atom stereocenters. The SMILES string of the molecule is CCCNC1CCC(N(C)Cc2ccccc2OC)C1. The first-order valence-electron chi connectivity index (χ1n) is 7.80. The molecule has 1 fully saturated rings. The van der Waals surface area contributed by atoms with Crippen molar-refractivity contribution in [1.29, 1.82) is 0 Å². The molecule has 2 atom stereocenters. The van der Waals surface area contributed by atoms with Crippen molar-refractivity contribution >= 4 is 0 Å². The van der Waals surface area contributed by atoms with Crippen LogP contribution in [0.15, 0.2) is 24.3 Å². The van der Waals surface area contributed by atoms with Crippen LogP contribution in [0.4, 0.5) is 0 Å². The molecule has 3 nitrogen and oxygen atoms in total. The zero-order valence-corrected chi connectivity index (χ0v) is 13.1. The minimum Gasteiger partial charge on any atom is -0.496 e. The van der Waals surface area contributed by atoms with E-state index in [-0.39, 0.29) is 0 Å². The van der Waals surface area contributed by atoms with E-state index in [1.807, 2.05) is 12.1 Å². The summed E-state index contributed by atoms with van der Waals surface area (Å²) in [5.74, 6) is 0.998. The molecule has 0 amide bonds. The minimum absolute atomic E-state index is 0.689. The summed E-state index contributed by atoms with van der Waals surface area (Å²) in [5, 5.41) is 3.65.